The molecular weight excluding hydrogens is 288 g/mol. The first-order valence-corrected chi connectivity index (χ1v) is 7.42. The summed E-state index contributed by atoms with van der Waals surface area (Å²) in [6, 6.07) is 18.6. The van der Waals surface area contributed by atoms with Crippen molar-refractivity contribution < 1.29 is 9.90 Å². The lowest BCUT2D eigenvalue weighted by Gasteiger charge is -2.15. The zero-order valence-corrected chi connectivity index (χ0v) is 12.8. The van der Waals surface area contributed by atoms with Crippen LogP contribution in [0.4, 0.5) is 5.69 Å². The zero-order valence-electron chi connectivity index (χ0n) is 12.8. The summed E-state index contributed by atoms with van der Waals surface area (Å²) in [4.78, 5) is 12.3. The summed E-state index contributed by atoms with van der Waals surface area (Å²) in [5, 5.41) is 14.8. The Bertz CT molecular complexity index is 874. The molecule has 3 rings (SSSR count). The molecule has 4 nitrogen and oxygen atoms in total. The highest BCUT2D eigenvalue weighted by molar-refractivity contribution is 5.95. The number of nitrogens with one attached hydrogen (secondary N) is 1. The molecule has 3 aromatic carbocycles. The molecule has 0 saturated carbocycles. The average molecular weight is 306 g/mol. The SMILES string of the molecule is CC(NC(=O)c1ccc(N)c(O)c1)c1ccc2ccccc2c1. The summed E-state index contributed by atoms with van der Waals surface area (Å²) in [6.07, 6.45) is 0. The van der Waals surface area contributed by atoms with E-state index in [-0.39, 0.29) is 23.4 Å². The summed E-state index contributed by atoms with van der Waals surface area (Å²) in [6.45, 7) is 1.93. The molecule has 0 heterocycles. The van der Waals surface area contributed by atoms with Crippen molar-refractivity contribution in [2.75, 3.05) is 5.73 Å². The van der Waals surface area contributed by atoms with Crippen molar-refractivity contribution in [3.05, 3.63) is 71.8 Å². The molecule has 0 aromatic heterocycles. The van der Waals surface area contributed by atoms with Crippen molar-refractivity contribution in [1.29, 1.82) is 0 Å². The van der Waals surface area contributed by atoms with E-state index in [1.165, 1.54) is 17.5 Å². The van der Waals surface area contributed by atoms with Crippen LogP contribution in [0.3, 0.4) is 0 Å². The summed E-state index contributed by atoms with van der Waals surface area (Å²) in [5.74, 6) is -0.336. The third-order valence-electron chi connectivity index (χ3n) is 3.91. The van der Waals surface area contributed by atoms with Gasteiger partial charge in [0.15, 0.2) is 0 Å². The molecule has 0 spiro atoms. The van der Waals surface area contributed by atoms with Gasteiger partial charge in [-0.2, -0.15) is 0 Å². The van der Waals surface area contributed by atoms with Gasteiger partial charge in [0.1, 0.15) is 5.75 Å². The Balaban J connectivity index is 1.80. The molecule has 3 aromatic rings. The van der Waals surface area contributed by atoms with Gasteiger partial charge >= 0.3 is 0 Å². The molecule has 1 atom stereocenters. The van der Waals surface area contributed by atoms with E-state index >= 15 is 0 Å². The Labute approximate surface area is 134 Å². The molecule has 1 amide bonds. The van der Waals surface area contributed by atoms with Gasteiger partial charge in [-0.1, -0.05) is 36.4 Å². The lowest BCUT2D eigenvalue weighted by molar-refractivity contribution is 0.0939. The van der Waals surface area contributed by atoms with Gasteiger partial charge in [-0.3, -0.25) is 4.79 Å². The van der Waals surface area contributed by atoms with Crippen molar-refractivity contribution in [3.8, 4) is 5.75 Å². The van der Waals surface area contributed by atoms with E-state index in [9.17, 15) is 9.90 Å². The number of amides is 1. The van der Waals surface area contributed by atoms with Gasteiger partial charge in [-0.05, 0) is 47.5 Å². The van der Waals surface area contributed by atoms with Crippen LogP contribution in [0.1, 0.15) is 28.9 Å². The first kappa shape index (κ1) is 14.9. The predicted molar refractivity (Wildman–Crippen MR) is 92.3 cm³/mol. The van der Waals surface area contributed by atoms with Crippen molar-refractivity contribution in [3.63, 3.8) is 0 Å². The van der Waals surface area contributed by atoms with Crippen molar-refractivity contribution >= 4 is 22.4 Å². The van der Waals surface area contributed by atoms with Crippen molar-refractivity contribution in [2.24, 2.45) is 0 Å². The molecule has 0 aliphatic carbocycles. The number of phenols is 1. The molecule has 4 N–H and O–H groups in total. The van der Waals surface area contributed by atoms with Crippen molar-refractivity contribution in [1.82, 2.24) is 5.32 Å². The Kier molecular flexibility index (Phi) is 3.89. The van der Waals surface area contributed by atoms with E-state index in [2.05, 4.69) is 17.4 Å². The van der Waals surface area contributed by atoms with Crippen LogP contribution in [0.25, 0.3) is 10.8 Å². The maximum absolute atomic E-state index is 12.3. The number of anilines is 1. The Morgan fingerprint density at radius 3 is 2.52 bits per heavy atom. The zero-order chi connectivity index (χ0) is 16.4. The molecule has 0 saturated heterocycles. The van der Waals surface area contributed by atoms with E-state index < -0.39 is 0 Å². The third kappa shape index (κ3) is 3.11. The second kappa shape index (κ2) is 6.01. The fraction of sp³-hybridized carbons (Fsp3) is 0.105. The van der Waals surface area contributed by atoms with Crippen LogP contribution < -0.4 is 11.1 Å². The van der Waals surface area contributed by atoms with E-state index in [1.807, 2.05) is 37.3 Å². The average Bonchev–Trinajstić information content (AvgIpc) is 2.56. The number of rotatable bonds is 3. The molecule has 1 unspecified atom stereocenters. The summed E-state index contributed by atoms with van der Waals surface area (Å²) in [7, 11) is 0. The smallest absolute Gasteiger partial charge is 0.251 e. The van der Waals surface area contributed by atoms with Gasteiger partial charge in [0, 0.05) is 5.56 Å². The minimum atomic E-state index is -0.249. The van der Waals surface area contributed by atoms with Crippen LogP contribution in [0, 0.1) is 0 Å². The molecule has 23 heavy (non-hydrogen) atoms. The Morgan fingerprint density at radius 2 is 1.78 bits per heavy atom. The highest BCUT2D eigenvalue weighted by atomic mass is 16.3. The molecule has 116 valence electrons. The summed E-state index contributed by atoms with van der Waals surface area (Å²) < 4.78 is 0. The monoisotopic (exact) mass is 306 g/mol. The number of fused-ring (bicyclic) bond motifs is 1. The molecular formula is C19H18N2O2. The van der Waals surface area contributed by atoms with Gasteiger partial charge in [0.2, 0.25) is 0 Å². The highest BCUT2D eigenvalue weighted by Crippen LogP contribution is 2.23. The van der Waals surface area contributed by atoms with Gasteiger partial charge in [0.25, 0.3) is 5.91 Å². The number of carbonyl (C=O) groups excluding carboxylic acids is 1. The number of hydrogen-bond donors (Lipinski definition) is 3. The van der Waals surface area contributed by atoms with Crippen LogP contribution in [-0.2, 0) is 0 Å². The van der Waals surface area contributed by atoms with E-state index in [0.717, 1.165) is 10.9 Å². The van der Waals surface area contributed by atoms with Gasteiger partial charge in [-0.25, -0.2) is 0 Å². The highest BCUT2D eigenvalue weighted by Gasteiger charge is 2.13. The minimum Gasteiger partial charge on any atom is -0.506 e. The molecule has 0 fully saturated rings. The number of benzene rings is 3. The lowest BCUT2D eigenvalue weighted by Crippen LogP contribution is -2.26. The normalized spacial score (nSPS) is 12.0. The minimum absolute atomic E-state index is 0.0870. The quantitative estimate of drug-likeness (QED) is 0.511. The van der Waals surface area contributed by atoms with Crippen LogP contribution >= 0.6 is 0 Å². The molecule has 0 radical (unpaired) electrons. The number of phenolic OH excluding ortho intramolecular Hbond substituents is 1. The first-order valence-electron chi connectivity index (χ1n) is 7.42. The maximum Gasteiger partial charge on any atom is 0.251 e. The molecule has 0 aliphatic heterocycles. The van der Waals surface area contributed by atoms with Crippen LogP contribution in [-0.4, -0.2) is 11.0 Å². The fourth-order valence-electron chi connectivity index (χ4n) is 2.53. The second-order valence-electron chi connectivity index (χ2n) is 5.58. The van der Waals surface area contributed by atoms with Crippen molar-refractivity contribution in [2.45, 2.75) is 13.0 Å². The largest absolute Gasteiger partial charge is 0.506 e. The van der Waals surface area contributed by atoms with Crippen LogP contribution in [0.5, 0.6) is 5.75 Å². The van der Waals surface area contributed by atoms with Crippen LogP contribution in [0.15, 0.2) is 60.7 Å². The Morgan fingerprint density at radius 1 is 1.04 bits per heavy atom. The van der Waals surface area contributed by atoms with Crippen LogP contribution in [0.2, 0.25) is 0 Å². The van der Waals surface area contributed by atoms with Gasteiger partial charge < -0.3 is 16.2 Å². The summed E-state index contributed by atoms with van der Waals surface area (Å²) in [5.41, 5.74) is 7.21. The van der Waals surface area contributed by atoms with E-state index in [0.29, 0.717) is 5.56 Å². The number of nitrogens with two attached hydrogens (primary N) is 1. The topological polar surface area (TPSA) is 75.4 Å². The lowest BCUT2D eigenvalue weighted by atomic mass is 10.0. The summed E-state index contributed by atoms with van der Waals surface area (Å²) >= 11 is 0. The predicted octanol–water partition coefficient (Wildman–Crippen LogP) is 3.62. The third-order valence-corrected chi connectivity index (χ3v) is 3.91. The first-order chi connectivity index (χ1) is 11.0. The van der Waals surface area contributed by atoms with E-state index in [4.69, 9.17) is 5.73 Å². The maximum atomic E-state index is 12.3. The molecule has 0 aliphatic rings. The number of nitrogen functional groups attached to an aromatic ring is 1. The molecule has 0 bridgehead atoms. The standard InChI is InChI=1S/C19H18N2O2/c1-12(14-7-6-13-4-2-3-5-15(13)10-14)21-19(23)16-8-9-17(20)18(22)11-16/h2-12,22H,20H2,1H3,(H,21,23). The number of carbonyl (C=O) groups is 1. The van der Waals surface area contributed by atoms with Gasteiger partial charge in [0.05, 0.1) is 11.7 Å². The second-order valence-corrected chi connectivity index (χ2v) is 5.58. The fourth-order valence-corrected chi connectivity index (χ4v) is 2.53. The van der Waals surface area contributed by atoms with E-state index in [1.54, 1.807) is 6.07 Å². The Hall–Kier alpha value is -3.01. The number of hydrogen-bond acceptors (Lipinski definition) is 3. The van der Waals surface area contributed by atoms with Gasteiger partial charge in [-0.15, -0.1) is 0 Å². The molecule has 4 heteroatoms. The number of aromatic hydroxyl groups is 1.